The van der Waals surface area contributed by atoms with Gasteiger partial charge >= 0.3 is 0 Å². The normalized spacial score (nSPS) is 10.8. The number of rotatable bonds is 14. The van der Waals surface area contributed by atoms with Crippen LogP contribution in [0, 0.1) is 4.77 Å². The highest BCUT2D eigenvalue weighted by Crippen LogP contribution is 2.21. The first-order valence-electron chi connectivity index (χ1n) is 10.8. The van der Waals surface area contributed by atoms with E-state index in [1.165, 1.54) is 38.5 Å². The van der Waals surface area contributed by atoms with Gasteiger partial charge in [-0.3, -0.25) is 14.5 Å². The van der Waals surface area contributed by atoms with E-state index in [9.17, 15) is 4.79 Å². The van der Waals surface area contributed by atoms with Crippen LogP contribution in [0.4, 0.5) is 0 Å². The van der Waals surface area contributed by atoms with Crippen molar-refractivity contribution >= 4 is 18.1 Å². The van der Waals surface area contributed by atoms with Crippen LogP contribution in [0.15, 0.2) is 24.3 Å². The predicted octanol–water partition coefficient (Wildman–Crippen LogP) is 5.26. The first kappa shape index (κ1) is 23.1. The lowest BCUT2D eigenvalue weighted by Gasteiger charge is -2.09. The summed E-state index contributed by atoms with van der Waals surface area (Å²) >= 11 is 5.35. The van der Waals surface area contributed by atoms with Crippen molar-refractivity contribution < 1.29 is 9.53 Å². The van der Waals surface area contributed by atoms with Crippen molar-refractivity contribution in [3.05, 3.63) is 29.0 Å². The molecule has 2 rings (SSSR count). The van der Waals surface area contributed by atoms with Crippen molar-refractivity contribution in [2.45, 2.75) is 71.8 Å². The average Bonchev–Trinajstić information content (AvgIpc) is 3.09. The summed E-state index contributed by atoms with van der Waals surface area (Å²) in [5, 5.41) is 10.2. The molecule has 1 aromatic heterocycles. The number of hydrogen-bond acceptors (Lipinski definition) is 4. The molecule has 29 heavy (non-hydrogen) atoms. The summed E-state index contributed by atoms with van der Waals surface area (Å²) in [7, 11) is 0. The number of benzene rings is 1. The van der Waals surface area contributed by atoms with Crippen LogP contribution in [0.25, 0.3) is 11.4 Å². The number of nitrogens with zero attached hydrogens (tertiary/aromatic N) is 2. The fourth-order valence-electron chi connectivity index (χ4n) is 3.22. The number of carbonyl (C=O) groups excluding carboxylic acids is 1. The molecule has 0 saturated heterocycles. The SMILES string of the molecule is CCCCCCCCCNC(=O)CCn1c(-c2ccc(OCC)cc2)n[nH]c1=S. The first-order valence-corrected chi connectivity index (χ1v) is 11.2. The van der Waals surface area contributed by atoms with Gasteiger partial charge in [0.1, 0.15) is 5.75 Å². The van der Waals surface area contributed by atoms with Gasteiger partial charge in [0, 0.05) is 25.1 Å². The highest BCUT2D eigenvalue weighted by molar-refractivity contribution is 7.71. The van der Waals surface area contributed by atoms with Crippen molar-refractivity contribution in [2.75, 3.05) is 13.2 Å². The summed E-state index contributed by atoms with van der Waals surface area (Å²) < 4.78 is 7.88. The number of aromatic nitrogens is 3. The Kier molecular flexibility index (Phi) is 10.5. The number of nitrogens with one attached hydrogen (secondary N) is 2. The molecule has 0 aliphatic carbocycles. The molecule has 0 spiro atoms. The lowest BCUT2D eigenvalue weighted by molar-refractivity contribution is -0.121. The number of ether oxygens (including phenoxy) is 1. The smallest absolute Gasteiger partial charge is 0.221 e. The summed E-state index contributed by atoms with van der Waals surface area (Å²) in [6.07, 6.45) is 9.08. The van der Waals surface area contributed by atoms with Crippen molar-refractivity contribution in [2.24, 2.45) is 0 Å². The second-order valence-corrected chi connectivity index (χ2v) is 7.57. The molecule has 0 fully saturated rings. The third-order valence-electron chi connectivity index (χ3n) is 4.85. The van der Waals surface area contributed by atoms with Gasteiger partial charge in [-0.1, -0.05) is 45.4 Å². The van der Waals surface area contributed by atoms with Crippen LogP contribution in [0.2, 0.25) is 0 Å². The van der Waals surface area contributed by atoms with E-state index in [4.69, 9.17) is 17.0 Å². The van der Waals surface area contributed by atoms with E-state index in [0.29, 0.717) is 24.3 Å². The molecule has 0 unspecified atom stereocenters. The van der Waals surface area contributed by atoms with Crippen molar-refractivity contribution in [3.63, 3.8) is 0 Å². The summed E-state index contributed by atoms with van der Waals surface area (Å²) in [6.45, 7) is 6.06. The molecule has 0 aliphatic heterocycles. The molecular weight excluding hydrogens is 384 g/mol. The Balaban J connectivity index is 1.77. The van der Waals surface area contributed by atoms with Crippen LogP contribution in [0.5, 0.6) is 5.75 Å². The van der Waals surface area contributed by atoms with Crippen LogP contribution in [-0.4, -0.2) is 33.8 Å². The van der Waals surface area contributed by atoms with E-state index in [-0.39, 0.29) is 5.91 Å². The van der Waals surface area contributed by atoms with Gasteiger partial charge in [-0.2, -0.15) is 5.10 Å². The Morgan fingerprint density at radius 3 is 2.48 bits per heavy atom. The minimum absolute atomic E-state index is 0.0525. The fourth-order valence-corrected chi connectivity index (χ4v) is 3.45. The lowest BCUT2D eigenvalue weighted by atomic mass is 10.1. The van der Waals surface area contributed by atoms with E-state index < -0.39 is 0 Å². The molecule has 2 N–H and O–H groups in total. The quantitative estimate of drug-likeness (QED) is 0.324. The third-order valence-corrected chi connectivity index (χ3v) is 5.16. The van der Waals surface area contributed by atoms with Gasteiger partial charge in [0.25, 0.3) is 0 Å². The number of hydrogen-bond donors (Lipinski definition) is 2. The van der Waals surface area contributed by atoms with Crippen LogP contribution >= 0.6 is 12.2 Å². The summed E-state index contributed by atoms with van der Waals surface area (Å²) in [5.74, 6) is 1.61. The predicted molar refractivity (Wildman–Crippen MR) is 120 cm³/mol. The Hall–Kier alpha value is -2.15. The molecule has 1 aromatic carbocycles. The van der Waals surface area contributed by atoms with Crippen LogP contribution in [0.1, 0.15) is 65.2 Å². The van der Waals surface area contributed by atoms with E-state index in [2.05, 4.69) is 22.4 Å². The Morgan fingerprint density at radius 1 is 1.10 bits per heavy atom. The average molecular weight is 419 g/mol. The topological polar surface area (TPSA) is 71.9 Å². The van der Waals surface area contributed by atoms with Crippen LogP contribution < -0.4 is 10.1 Å². The summed E-state index contributed by atoms with van der Waals surface area (Å²) in [5.41, 5.74) is 0.935. The van der Waals surface area contributed by atoms with E-state index >= 15 is 0 Å². The molecule has 0 aliphatic rings. The Bertz CT molecular complexity index is 783. The van der Waals surface area contributed by atoms with Gasteiger partial charge in [0.2, 0.25) is 5.91 Å². The minimum Gasteiger partial charge on any atom is -0.494 e. The molecule has 1 heterocycles. The number of carbonyl (C=O) groups is 1. The summed E-state index contributed by atoms with van der Waals surface area (Å²) in [4.78, 5) is 12.2. The largest absolute Gasteiger partial charge is 0.494 e. The maximum atomic E-state index is 12.2. The van der Waals surface area contributed by atoms with Crippen molar-refractivity contribution in [3.8, 4) is 17.1 Å². The van der Waals surface area contributed by atoms with E-state index in [1.807, 2.05) is 35.8 Å². The third kappa shape index (κ3) is 8.01. The van der Waals surface area contributed by atoms with Gasteiger partial charge in [-0.15, -0.1) is 0 Å². The zero-order valence-electron chi connectivity index (χ0n) is 17.7. The zero-order chi connectivity index (χ0) is 20.9. The molecule has 7 heteroatoms. The highest BCUT2D eigenvalue weighted by atomic mass is 32.1. The molecular formula is C22H34N4O2S. The lowest BCUT2D eigenvalue weighted by Crippen LogP contribution is -2.25. The number of amides is 1. The Labute approximate surface area is 179 Å². The molecule has 0 bridgehead atoms. The molecule has 1 amide bonds. The Morgan fingerprint density at radius 2 is 1.79 bits per heavy atom. The standard InChI is InChI=1S/C22H34N4O2S/c1-3-5-6-7-8-9-10-16-23-20(27)15-17-26-21(24-25-22(26)29)18-11-13-19(14-12-18)28-4-2/h11-14H,3-10,15-17H2,1-2H3,(H,23,27)(H,25,29). The second kappa shape index (κ2) is 13.1. The van der Waals surface area contributed by atoms with Crippen LogP contribution in [0.3, 0.4) is 0 Å². The minimum atomic E-state index is 0.0525. The van der Waals surface area contributed by atoms with E-state index in [1.54, 1.807) is 0 Å². The van der Waals surface area contributed by atoms with Crippen LogP contribution in [-0.2, 0) is 11.3 Å². The molecule has 0 atom stereocenters. The highest BCUT2D eigenvalue weighted by Gasteiger charge is 2.11. The van der Waals surface area contributed by atoms with E-state index in [0.717, 1.165) is 30.1 Å². The van der Waals surface area contributed by atoms with Gasteiger partial charge in [-0.05, 0) is 49.8 Å². The van der Waals surface area contributed by atoms with Gasteiger partial charge in [0.15, 0.2) is 10.6 Å². The number of aromatic amines is 1. The van der Waals surface area contributed by atoms with Gasteiger partial charge < -0.3 is 10.1 Å². The number of H-pyrrole nitrogens is 1. The maximum absolute atomic E-state index is 12.2. The van der Waals surface area contributed by atoms with Crippen molar-refractivity contribution in [1.82, 2.24) is 20.1 Å². The second-order valence-electron chi connectivity index (χ2n) is 7.18. The molecule has 2 aromatic rings. The molecule has 6 nitrogen and oxygen atoms in total. The number of unbranched alkanes of at least 4 members (excludes halogenated alkanes) is 6. The maximum Gasteiger partial charge on any atom is 0.221 e. The molecule has 0 radical (unpaired) electrons. The van der Waals surface area contributed by atoms with Crippen molar-refractivity contribution in [1.29, 1.82) is 0 Å². The first-order chi connectivity index (χ1) is 14.2. The summed E-state index contributed by atoms with van der Waals surface area (Å²) in [6, 6.07) is 7.73. The van der Waals surface area contributed by atoms with Gasteiger partial charge in [-0.25, -0.2) is 0 Å². The fraction of sp³-hybridized carbons (Fsp3) is 0.591. The molecule has 160 valence electrons. The zero-order valence-corrected chi connectivity index (χ0v) is 18.5. The van der Waals surface area contributed by atoms with Gasteiger partial charge in [0.05, 0.1) is 6.61 Å². The monoisotopic (exact) mass is 418 g/mol. The molecule has 0 saturated carbocycles.